The molecule has 0 unspecified atom stereocenters. The molecule has 20 heavy (non-hydrogen) atoms. The van der Waals surface area contributed by atoms with Gasteiger partial charge in [0.15, 0.2) is 4.60 Å². The number of aryl methyl sites for hydroxylation is 1. The third kappa shape index (κ3) is 2.84. The normalized spacial score (nSPS) is 12.0. The van der Waals surface area contributed by atoms with Gasteiger partial charge in [0.2, 0.25) is 5.03 Å². The zero-order valence-electron chi connectivity index (χ0n) is 10.9. The summed E-state index contributed by atoms with van der Waals surface area (Å²) in [5, 5.41) is 16.6. The lowest BCUT2D eigenvalue weighted by molar-refractivity contribution is 0.455. The van der Waals surface area contributed by atoms with E-state index in [9.17, 15) is 13.5 Å². The average molecular weight is 361 g/mol. The van der Waals surface area contributed by atoms with Crippen molar-refractivity contribution in [1.82, 2.24) is 19.3 Å². The van der Waals surface area contributed by atoms with Crippen molar-refractivity contribution in [2.24, 2.45) is 7.05 Å². The predicted molar refractivity (Wildman–Crippen MR) is 75.5 cm³/mol. The zero-order valence-corrected chi connectivity index (χ0v) is 13.3. The van der Waals surface area contributed by atoms with Crippen LogP contribution in [0.25, 0.3) is 0 Å². The number of phenols is 1. The van der Waals surface area contributed by atoms with Gasteiger partial charge in [-0.1, -0.05) is 17.3 Å². The molecular formula is C11H13BrN4O3S. The number of phenolic OH excluding ortho intramolecular Hbond substituents is 1. The minimum atomic E-state index is -3.70. The van der Waals surface area contributed by atoms with E-state index < -0.39 is 10.0 Å². The third-order valence-corrected chi connectivity index (χ3v) is 5.43. The van der Waals surface area contributed by atoms with Crippen LogP contribution in [0, 0.1) is 0 Å². The average Bonchev–Trinajstić information content (AvgIpc) is 2.72. The van der Waals surface area contributed by atoms with E-state index in [4.69, 9.17) is 0 Å². The number of aromatic nitrogens is 3. The van der Waals surface area contributed by atoms with E-state index in [1.165, 1.54) is 35.2 Å². The van der Waals surface area contributed by atoms with Gasteiger partial charge in [0.25, 0.3) is 10.0 Å². The van der Waals surface area contributed by atoms with Crippen molar-refractivity contribution in [3.63, 3.8) is 0 Å². The van der Waals surface area contributed by atoms with Gasteiger partial charge in [-0.15, -0.1) is 5.10 Å². The number of halogens is 1. The van der Waals surface area contributed by atoms with E-state index in [1.807, 2.05) is 0 Å². The van der Waals surface area contributed by atoms with Crippen molar-refractivity contribution in [1.29, 1.82) is 0 Å². The summed E-state index contributed by atoms with van der Waals surface area (Å²) in [7, 11) is -0.717. The van der Waals surface area contributed by atoms with Crippen LogP contribution in [0.3, 0.4) is 0 Å². The molecule has 0 saturated carbocycles. The van der Waals surface area contributed by atoms with Gasteiger partial charge in [-0.05, 0) is 33.6 Å². The predicted octanol–water partition coefficient (Wildman–Crippen LogP) is 1.10. The SMILES string of the molecule is CN(Cc1ccc(O)cc1)S(=O)(=O)c1c(Br)nnn1C. The number of aromatic hydroxyl groups is 1. The summed E-state index contributed by atoms with van der Waals surface area (Å²) in [6.45, 7) is 0.181. The quantitative estimate of drug-likeness (QED) is 0.881. The van der Waals surface area contributed by atoms with Gasteiger partial charge in [0.05, 0.1) is 0 Å². The van der Waals surface area contributed by atoms with Gasteiger partial charge in [-0.25, -0.2) is 13.1 Å². The molecule has 2 rings (SSSR count). The van der Waals surface area contributed by atoms with E-state index in [2.05, 4.69) is 26.2 Å². The standard InChI is InChI=1S/C11H13BrN4O3S/c1-15(7-8-3-5-9(17)6-4-8)20(18,19)11-10(12)13-14-16(11)2/h3-6,17H,7H2,1-2H3. The lowest BCUT2D eigenvalue weighted by atomic mass is 10.2. The Morgan fingerprint density at radius 1 is 1.35 bits per heavy atom. The zero-order chi connectivity index (χ0) is 14.9. The smallest absolute Gasteiger partial charge is 0.263 e. The van der Waals surface area contributed by atoms with E-state index in [0.29, 0.717) is 0 Å². The van der Waals surface area contributed by atoms with Gasteiger partial charge in [-0.2, -0.15) is 4.31 Å². The van der Waals surface area contributed by atoms with Crippen LogP contribution in [-0.2, 0) is 23.6 Å². The molecule has 0 amide bonds. The molecule has 0 fully saturated rings. The highest BCUT2D eigenvalue weighted by atomic mass is 79.9. The summed E-state index contributed by atoms with van der Waals surface area (Å²) in [5.74, 6) is 0.137. The molecule has 1 N–H and O–H groups in total. The summed E-state index contributed by atoms with van der Waals surface area (Å²) in [4.78, 5) is 0. The molecule has 0 aliphatic rings. The molecule has 2 aromatic rings. The summed E-state index contributed by atoms with van der Waals surface area (Å²) < 4.78 is 27.5. The van der Waals surface area contributed by atoms with Gasteiger partial charge in [0, 0.05) is 20.6 Å². The van der Waals surface area contributed by atoms with E-state index in [0.717, 1.165) is 5.56 Å². The minimum absolute atomic E-state index is 0.00113. The Morgan fingerprint density at radius 2 is 1.95 bits per heavy atom. The molecule has 1 aromatic heterocycles. The van der Waals surface area contributed by atoms with Crippen molar-refractivity contribution >= 4 is 26.0 Å². The lowest BCUT2D eigenvalue weighted by Gasteiger charge is -2.17. The Morgan fingerprint density at radius 3 is 2.45 bits per heavy atom. The first-order chi connectivity index (χ1) is 9.32. The molecule has 0 atom stereocenters. The fourth-order valence-corrected chi connectivity index (χ4v) is 3.87. The van der Waals surface area contributed by atoms with Crippen molar-refractivity contribution in [2.75, 3.05) is 7.05 Å². The van der Waals surface area contributed by atoms with Gasteiger partial charge < -0.3 is 5.11 Å². The molecule has 1 heterocycles. The van der Waals surface area contributed by atoms with Crippen molar-refractivity contribution < 1.29 is 13.5 Å². The third-order valence-electron chi connectivity index (χ3n) is 2.73. The van der Waals surface area contributed by atoms with Gasteiger partial charge in [0.1, 0.15) is 5.75 Å². The Balaban J connectivity index is 2.28. The van der Waals surface area contributed by atoms with Crippen LogP contribution in [0.4, 0.5) is 0 Å². The Bertz CT molecular complexity index is 692. The summed E-state index contributed by atoms with van der Waals surface area (Å²) in [6, 6.07) is 6.35. The summed E-state index contributed by atoms with van der Waals surface area (Å²) in [5.41, 5.74) is 0.764. The van der Waals surface area contributed by atoms with Crippen LogP contribution in [0.2, 0.25) is 0 Å². The minimum Gasteiger partial charge on any atom is -0.508 e. The first-order valence-electron chi connectivity index (χ1n) is 5.62. The molecule has 0 aliphatic carbocycles. The molecule has 0 spiro atoms. The maximum atomic E-state index is 12.5. The summed E-state index contributed by atoms with van der Waals surface area (Å²) >= 11 is 3.08. The fraction of sp³-hybridized carbons (Fsp3) is 0.273. The second-order valence-electron chi connectivity index (χ2n) is 4.24. The number of rotatable bonds is 4. The first-order valence-corrected chi connectivity index (χ1v) is 7.85. The maximum Gasteiger partial charge on any atom is 0.263 e. The molecule has 108 valence electrons. The number of hydrogen-bond donors (Lipinski definition) is 1. The Kier molecular flexibility index (Phi) is 4.11. The molecule has 0 radical (unpaired) electrons. The van der Waals surface area contributed by atoms with E-state index >= 15 is 0 Å². The second-order valence-corrected chi connectivity index (χ2v) is 6.95. The number of nitrogens with zero attached hydrogens (tertiary/aromatic N) is 4. The van der Waals surface area contributed by atoms with Crippen LogP contribution < -0.4 is 0 Å². The molecule has 9 heteroatoms. The van der Waals surface area contributed by atoms with Crippen LogP contribution in [0.5, 0.6) is 5.75 Å². The second kappa shape index (κ2) is 5.51. The van der Waals surface area contributed by atoms with Crippen LogP contribution >= 0.6 is 15.9 Å². The fourth-order valence-electron chi connectivity index (χ4n) is 1.69. The number of benzene rings is 1. The number of sulfonamides is 1. The molecular weight excluding hydrogens is 348 g/mol. The van der Waals surface area contributed by atoms with Crippen molar-refractivity contribution in [2.45, 2.75) is 11.6 Å². The molecule has 0 aliphatic heterocycles. The van der Waals surface area contributed by atoms with Gasteiger partial charge in [-0.3, -0.25) is 0 Å². The number of hydrogen-bond acceptors (Lipinski definition) is 5. The van der Waals surface area contributed by atoms with Gasteiger partial charge >= 0.3 is 0 Å². The molecule has 1 aromatic carbocycles. The molecule has 0 bridgehead atoms. The highest BCUT2D eigenvalue weighted by Gasteiger charge is 2.28. The largest absolute Gasteiger partial charge is 0.508 e. The van der Waals surface area contributed by atoms with Crippen molar-refractivity contribution in [3.05, 3.63) is 34.4 Å². The Labute approximate surface area is 125 Å². The monoisotopic (exact) mass is 360 g/mol. The van der Waals surface area contributed by atoms with Crippen molar-refractivity contribution in [3.8, 4) is 5.75 Å². The first kappa shape index (κ1) is 14.9. The maximum absolute atomic E-state index is 12.5. The Hall–Kier alpha value is -1.45. The van der Waals surface area contributed by atoms with Crippen LogP contribution in [-0.4, -0.2) is 39.9 Å². The van der Waals surface area contributed by atoms with Crippen LogP contribution in [0.1, 0.15) is 5.56 Å². The molecule has 0 saturated heterocycles. The van der Waals surface area contributed by atoms with E-state index in [-0.39, 0.29) is 21.9 Å². The topological polar surface area (TPSA) is 88.3 Å². The molecule has 7 nitrogen and oxygen atoms in total. The highest BCUT2D eigenvalue weighted by molar-refractivity contribution is 9.10. The summed E-state index contributed by atoms with van der Waals surface area (Å²) in [6.07, 6.45) is 0. The highest BCUT2D eigenvalue weighted by Crippen LogP contribution is 2.22. The van der Waals surface area contributed by atoms with Crippen LogP contribution in [0.15, 0.2) is 33.9 Å². The lowest BCUT2D eigenvalue weighted by Crippen LogP contribution is -2.28. The van der Waals surface area contributed by atoms with E-state index in [1.54, 1.807) is 12.1 Å².